The fraction of sp³-hybridized carbons (Fsp3) is 0.467. The Balaban J connectivity index is 2.32. The monoisotopic (exact) mass is 387 g/mol. The number of nitrogens with zero attached hydrogens (tertiary/aromatic N) is 1. The molecule has 20 heavy (non-hydrogen) atoms. The Bertz CT molecular complexity index is 514. The van der Waals surface area contributed by atoms with Crippen molar-refractivity contribution in [3.05, 3.63) is 33.4 Å². The number of carboxylic acid groups (broad SMARTS) is 1. The van der Waals surface area contributed by atoms with E-state index in [0.717, 1.165) is 16.4 Å². The summed E-state index contributed by atoms with van der Waals surface area (Å²) < 4.78 is 1.05. The van der Waals surface area contributed by atoms with Gasteiger partial charge in [0.15, 0.2) is 0 Å². The van der Waals surface area contributed by atoms with E-state index >= 15 is 0 Å². The van der Waals surface area contributed by atoms with Crippen molar-refractivity contribution >= 4 is 34.5 Å². The van der Waals surface area contributed by atoms with Crippen LogP contribution in [0.2, 0.25) is 0 Å². The van der Waals surface area contributed by atoms with E-state index in [1.54, 1.807) is 17.0 Å². The van der Waals surface area contributed by atoms with Crippen LogP contribution in [-0.2, 0) is 4.79 Å². The molecule has 1 aliphatic rings. The van der Waals surface area contributed by atoms with E-state index in [4.69, 9.17) is 0 Å². The molecule has 0 radical (unpaired) electrons. The van der Waals surface area contributed by atoms with Crippen molar-refractivity contribution in [2.75, 3.05) is 6.54 Å². The molecule has 1 N–H and O–H groups in total. The molecule has 1 aromatic carbocycles. The van der Waals surface area contributed by atoms with Crippen LogP contribution >= 0.6 is 22.6 Å². The van der Waals surface area contributed by atoms with Crippen molar-refractivity contribution in [1.82, 2.24) is 4.90 Å². The first-order valence-corrected chi connectivity index (χ1v) is 7.90. The SMILES string of the molecule is CCCC1(C(=O)O)CCCN1C(=O)c1ccc(I)cc1. The van der Waals surface area contributed by atoms with Crippen molar-refractivity contribution in [2.24, 2.45) is 0 Å². The van der Waals surface area contributed by atoms with Crippen LogP contribution in [0.3, 0.4) is 0 Å². The summed E-state index contributed by atoms with van der Waals surface area (Å²) in [5.74, 6) is -1.05. The van der Waals surface area contributed by atoms with Gasteiger partial charge in [0.25, 0.3) is 5.91 Å². The van der Waals surface area contributed by atoms with Gasteiger partial charge in [0.05, 0.1) is 0 Å². The van der Waals surface area contributed by atoms with E-state index in [9.17, 15) is 14.7 Å². The summed E-state index contributed by atoms with van der Waals surface area (Å²) in [5.41, 5.74) is -0.455. The number of carboxylic acids is 1. The van der Waals surface area contributed by atoms with Crippen molar-refractivity contribution < 1.29 is 14.7 Å². The maximum atomic E-state index is 12.6. The summed E-state index contributed by atoms with van der Waals surface area (Å²) in [4.78, 5) is 25.9. The predicted molar refractivity (Wildman–Crippen MR) is 84.7 cm³/mol. The number of halogens is 1. The summed E-state index contributed by atoms with van der Waals surface area (Å²) in [5, 5.41) is 9.61. The largest absolute Gasteiger partial charge is 0.479 e. The molecule has 108 valence electrons. The Labute approximate surface area is 132 Å². The molecular formula is C15H18INO3. The second-order valence-electron chi connectivity index (χ2n) is 5.15. The predicted octanol–water partition coefficient (Wildman–Crippen LogP) is 3.15. The molecule has 1 saturated heterocycles. The molecule has 1 aliphatic heterocycles. The zero-order valence-corrected chi connectivity index (χ0v) is 13.6. The maximum absolute atomic E-state index is 12.6. The minimum atomic E-state index is -1.02. The van der Waals surface area contributed by atoms with Gasteiger partial charge in [0.1, 0.15) is 5.54 Å². The van der Waals surface area contributed by atoms with Gasteiger partial charge >= 0.3 is 5.97 Å². The standard InChI is InChI=1S/C15H18INO3/c1-2-8-15(14(19)20)9-3-10-17(15)13(18)11-4-6-12(16)7-5-11/h4-7H,2-3,8-10H2,1H3,(H,19,20). The fourth-order valence-corrected chi connectivity index (χ4v) is 3.29. The third-order valence-corrected chi connectivity index (χ3v) is 4.61. The van der Waals surface area contributed by atoms with E-state index in [1.165, 1.54) is 0 Å². The molecule has 0 saturated carbocycles. The highest BCUT2D eigenvalue weighted by molar-refractivity contribution is 14.1. The highest BCUT2D eigenvalue weighted by atomic mass is 127. The number of hydrogen-bond donors (Lipinski definition) is 1. The van der Waals surface area contributed by atoms with Crippen molar-refractivity contribution in [3.63, 3.8) is 0 Å². The molecule has 1 amide bonds. The van der Waals surface area contributed by atoms with Gasteiger partial charge in [-0.2, -0.15) is 0 Å². The van der Waals surface area contributed by atoms with E-state index in [2.05, 4.69) is 22.6 Å². The zero-order valence-electron chi connectivity index (χ0n) is 11.4. The van der Waals surface area contributed by atoms with Crippen LogP contribution < -0.4 is 0 Å². The van der Waals surface area contributed by atoms with Gasteiger partial charge in [0.2, 0.25) is 0 Å². The fourth-order valence-electron chi connectivity index (χ4n) is 2.93. The summed E-state index contributed by atoms with van der Waals surface area (Å²) in [7, 11) is 0. The third-order valence-electron chi connectivity index (χ3n) is 3.89. The van der Waals surface area contributed by atoms with Gasteiger partial charge in [-0.15, -0.1) is 0 Å². The van der Waals surface area contributed by atoms with E-state index in [-0.39, 0.29) is 5.91 Å². The summed E-state index contributed by atoms with van der Waals surface area (Å²) >= 11 is 2.18. The Morgan fingerprint density at radius 2 is 2.00 bits per heavy atom. The van der Waals surface area contributed by atoms with Gasteiger partial charge in [-0.05, 0) is 66.1 Å². The summed E-state index contributed by atoms with van der Waals surface area (Å²) in [6.45, 7) is 2.48. The molecule has 1 heterocycles. The molecule has 1 atom stereocenters. The molecule has 0 spiro atoms. The number of likely N-dealkylation sites (tertiary alicyclic amines) is 1. The normalized spacial score (nSPS) is 22.0. The number of aliphatic carboxylic acids is 1. The van der Waals surface area contributed by atoms with Crippen LogP contribution in [-0.4, -0.2) is 34.0 Å². The van der Waals surface area contributed by atoms with Crippen molar-refractivity contribution in [3.8, 4) is 0 Å². The van der Waals surface area contributed by atoms with Crippen molar-refractivity contribution in [1.29, 1.82) is 0 Å². The molecule has 1 unspecified atom stereocenters. The number of carbonyl (C=O) groups excluding carboxylic acids is 1. The molecule has 0 aromatic heterocycles. The Morgan fingerprint density at radius 1 is 1.35 bits per heavy atom. The Kier molecular flexibility index (Phi) is 4.67. The topological polar surface area (TPSA) is 57.6 Å². The highest BCUT2D eigenvalue weighted by Crippen LogP contribution is 2.35. The van der Waals surface area contributed by atoms with Crippen LogP contribution in [0.4, 0.5) is 0 Å². The molecule has 5 heteroatoms. The number of carbonyl (C=O) groups is 2. The molecule has 0 bridgehead atoms. The van der Waals surface area contributed by atoms with Crippen LogP contribution in [0.5, 0.6) is 0 Å². The smallest absolute Gasteiger partial charge is 0.329 e. The van der Waals surface area contributed by atoms with Gasteiger partial charge in [-0.1, -0.05) is 13.3 Å². The minimum absolute atomic E-state index is 0.172. The minimum Gasteiger partial charge on any atom is -0.479 e. The first kappa shape index (κ1) is 15.3. The van der Waals surface area contributed by atoms with Gasteiger partial charge in [-0.3, -0.25) is 4.79 Å². The molecule has 2 rings (SSSR count). The first-order chi connectivity index (χ1) is 9.51. The van der Waals surface area contributed by atoms with Gasteiger partial charge in [0, 0.05) is 15.7 Å². The van der Waals surface area contributed by atoms with Crippen LogP contribution in [0.1, 0.15) is 43.0 Å². The quantitative estimate of drug-likeness (QED) is 0.808. The van der Waals surface area contributed by atoms with Gasteiger partial charge in [-0.25, -0.2) is 4.79 Å². The van der Waals surface area contributed by atoms with Crippen LogP contribution in [0, 0.1) is 3.57 Å². The maximum Gasteiger partial charge on any atom is 0.329 e. The second kappa shape index (κ2) is 6.11. The number of hydrogen-bond acceptors (Lipinski definition) is 2. The second-order valence-corrected chi connectivity index (χ2v) is 6.40. The van der Waals surface area contributed by atoms with Crippen LogP contribution in [0.15, 0.2) is 24.3 Å². The lowest BCUT2D eigenvalue weighted by Gasteiger charge is -2.34. The number of benzene rings is 1. The van der Waals surface area contributed by atoms with E-state index in [0.29, 0.717) is 24.9 Å². The lowest BCUT2D eigenvalue weighted by atomic mass is 9.90. The molecule has 4 nitrogen and oxygen atoms in total. The lowest BCUT2D eigenvalue weighted by Crippen LogP contribution is -2.53. The first-order valence-electron chi connectivity index (χ1n) is 6.82. The van der Waals surface area contributed by atoms with Crippen LogP contribution in [0.25, 0.3) is 0 Å². The number of amides is 1. The van der Waals surface area contributed by atoms with Crippen molar-refractivity contribution in [2.45, 2.75) is 38.1 Å². The summed E-state index contributed by atoms with van der Waals surface area (Å²) in [6, 6.07) is 7.26. The van der Waals surface area contributed by atoms with Gasteiger partial charge < -0.3 is 10.0 Å². The zero-order chi connectivity index (χ0) is 14.8. The average molecular weight is 387 g/mol. The lowest BCUT2D eigenvalue weighted by molar-refractivity contribution is -0.148. The molecule has 1 fully saturated rings. The highest BCUT2D eigenvalue weighted by Gasteiger charge is 2.49. The van der Waals surface area contributed by atoms with E-state index < -0.39 is 11.5 Å². The van der Waals surface area contributed by atoms with E-state index in [1.807, 2.05) is 19.1 Å². The molecule has 1 aromatic rings. The Morgan fingerprint density at radius 3 is 2.55 bits per heavy atom. The Hall–Kier alpha value is -1.11. The third kappa shape index (κ3) is 2.68. The molecule has 0 aliphatic carbocycles. The number of rotatable bonds is 4. The summed E-state index contributed by atoms with van der Waals surface area (Å²) in [6.07, 6.45) is 2.57. The molecular weight excluding hydrogens is 369 g/mol. The average Bonchev–Trinajstić information content (AvgIpc) is 2.84.